The van der Waals surface area contributed by atoms with E-state index in [-0.39, 0.29) is 30.9 Å². The Morgan fingerprint density at radius 2 is 1.95 bits per heavy atom. The van der Waals surface area contributed by atoms with Gasteiger partial charge in [-0.1, -0.05) is 12.8 Å². The molecule has 0 aromatic rings. The van der Waals surface area contributed by atoms with E-state index in [0.717, 1.165) is 32.1 Å². The van der Waals surface area contributed by atoms with Crippen LogP contribution in [0.25, 0.3) is 0 Å². The second-order valence-electron chi connectivity index (χ2n) is 5.76. The second kappa shape index (κ2) is 6.03. The van der Waals surface area contributed by atoms with E-state index < -0.39 is 12.0 Å². The number of hydrogen-bond acceptors (Lipinski definition) is 2. The number of carbonyl (C=O) groups excluding carboxylic acids is 1. The Bertz CT molecular complexity index is 318. The van der Waals surface area contributed by atoms with Crippen LogP contribution < -0.4 is 10.6 Å². The molecule has 0 bridgehead atoms. The molecule has 2 saturated carbocycles. The molecule has 19 heavy (non-hydrogen) atoms. The van der Waals surface area contributed by atoms with Gasteiger partial charge < -0.3 is 15.7 Å². The van der Waals surface area contributed by atoms with Crippen LogP contribution in [0.4, 0.5) is 13.6 Å². The van der Waals surface area contributed by atoms with Crippen molar-refractivity contribution >= 4 is 6.03 Å². The standard InChI is InChI=1S/C13H22F2N2O2/c14-13(15)7-10(8-13)17-12(19)16-6-5-9-3-1-2-4-11(9)18/h9-11,18H,1-8H2,(H2,16,17,19)/t9-,11-/m0/s1. The highest BCUT2D eigenvalue weighted by Crippen LogP contribution is 2.37. The van der Waals surface area contributed by atoms with Crippen LogP contribution in [0, 0.1) is 5.92 Å². The quantitative estimate of drug-likeness (QED) is 0.735. The normalized spacial score (nSPS) is 30.5. The van der Waals surface area contributed by atoms with Gasteiger partial charge in [0.1, 0.15) is 0 Å². The van der Waals surface area contributed by atoms with Gasteiger partial charge in [0.2, 0.25) is 0 Å². The summed E-state index contributed by atoms with van der Waals surface area (Å²) in [6.45, 7) is 0.483. The van der Waals surface area contributed by atoms with E-state index in [1.54, 1.807) is 0 Å². The minimum absolute atomic E-state index is 0.252. The molecule has 2 rings (SSSR count). The molecule has 0 unspecified atom stereocenters. The number of nitrogens with one attached hydrogen (secondary N) is 2. The number of aliphatic hydroxyl groups is 1. The Morgan fingerprint density at radius 3 is 2.58 bits per heavy atom. The van der Waals surface area contributed by atoms with Crippen LogP contribution in [-0.2, 0) is 0 Å². The third kappa shape index (κ3) is 4.30. The van der Waals surface area contributed by atoms with Crippen molar-refractivity contribution < 1.29 is 18.7 Å². The van der Waals surface area contributed by atoms with Gasteiger partial charge in [0.25, 0.3) is 5.92 Å². The number of alkyl halides is 2. The molecule has 2 atom stereocenters. The van der Waals surface area contributed by atoms with E-state index in [1.807, 2.05) is 0 Å². The molecule has 2 amide bonds. The van der Waals surface area contributed by atoms with Gasteiger partial charge in [-0.05, 0) is 25.2 Å². The van der Waals surface area contributed by atoms with E-state index in [1.165, 1.54) is 0 Å². The first-order valence-corrected chi connectivity index (χ1v) is 7.06. The van der Waals surface area contributed by atoms with Gasteiger partial charge in [0, 0.05) is 25.4 Å². The molecule has 3 N–H and O–H groups in total. The van der Waals surface area contributed by atoms with Crippen LogP contribution >= 0.6 is 0 Å². The molecule has 0 spiro atoms. The first-order valence-electron chi connectivity index (χ1n) is 7.06. The van der Waals surface area contributed by atoms with E-state index in [0.29, 0.717) is 6.54 Å². The SMILES string of the molecule is O=C(NCC[C@@H]1CCCC[C@@H]1O)NC1CC(F)(F)C1. The molecule has 2 aliphatic rings. The van der Waals surface area contributed by atoms with E-state index >= 15 is 0 Å². The Hall–Kier alpha value is -0.910. The molecule has 0 aromatic heterocycles. The lowest BCUT2D eigenvalue weighted by molar-refractivity contribution is -0.0896. The van der Waals surface area contributed by atoms with Crippen molar-refractivity contribution in [3.8, 4) is 0 Å². The van der Waals surface area contributed by atoms with Crippen LogP contribution in [0.5, 0.6) is 0 Å². The van der Waals surface area contributed by atoms with Crippen LogP contribution in [-0.4, -0.2) is 35.8 Å². The molecule has 2 fully saturated rings. The van der Waals surface area contributed by atoms with Crippen molar-refractivity contribution in [1.82, 2.24) is 10.6 Å². The Kier molecular flexibility index (Phi) is 4.60. The summed E-state index contributed by atoms with van der Waals surface area (Å²) in [5, 5.41) is 15.0. The van der Waals surface area contributed by atoms with E-state index in [9.17, 15) is 18.7 Å². The molecule has 0 aromatic carbocycles. The maximum Gasteiger partial charge on any atom is 0.315 e. The summed E-state index contributed by atoms with van der Waals surface area (Å²) in [4.78, 5) is 11.5. The average molecular weight is 276 g/mol. The first kappa shape index (κ1) is 14.5. The number of carbonyl (C=O) groups is 1. The molecule has 0 radical (unpaired) electrons. The first-order chi connectivity index (χ1) is 8.96. The van der Waals surface area contributed by atoms with Crippen molar-refractivity contribution in [2.45, 2.75) is 63.0 Å². The summed E-state index contributed by atoms with van der Waals surface area (Å²) < 4.78 is 25.2. The van der Waals surface area contributed by atoms with Gasteiger partial charge in [-0.3, -0.25) is 0 Å². The lowest BCUT2D eigenvalue weighted by atomic mass is 9.84. The minimum atomic E-state index is -2.61. The predicted molar refractivity (Wildman–Crippen MR) is 67.1 cm³/mol. The number of urea groups is 1. The average Bonchev–Trinajstić information content (AvgIpc) is 2.29. The smallest absolute Gasteiger partial charge is 0.315 e. The zero-order chi connectivity index (χ0) is 13.9. The summed E-state index contributed by atoms with van der Waals surface area (Å²) in [6, 6.07) is -0.791. The maximum absolute atomic E-state index is 12.6. The molecule has 2 aliphatic carbocycles. The molecule has 0 aliphatic heterocycles. The minimum Gasteiger partial charge on any atom is -0.393 e. The topological polar surface area (TPSA) is 61.4 Å². The van der Waals surface area contributed by atoms with Gasteiger partial charge >= 0.3 is 6.03 Å². The highest BCUT2D eigenvalue weighted by Gasteiger charge is 2.45. The fourth-order valence-corrected chi connectivity index (χ4v) is 2.90. The number of hydrogen-bond donors (Lipinski definition) is 3. The third-order valence-corrected chi connectivity index (χ3v) is 4.09. The van der Waals surface area contributed by atoms with Crippen LogP contribution in [0.2, 0.25) is 0 Å². The fourth-order valence-electron chi connectivity index (χ4n) is 2.90. The number of aliphatic hydroxyl groups excluding tert-OH is 1. The molecule has 4 nitrogen and oxygen atoms in total. The van der Waals surface area contributed by atoms with Crippen LogP contribution in [0.3, 0.4) is 0 Å². The van der Waals surface area contributed by atoms with Crippen molar-refractivity contribution in [2.75, 3.05) is 6.54 Å². The Balaban J connectivity index is 1.56. The number of halogens is 2. The number of amides is 2. The van der Waals surface area contributed by atoms with Crippen molar-refractivity contribution in [3.63, 3.8) is 0 Å². The van der Waals surface area contributed by atoms with Crippen molar-refractivity contribution in [1.29, 1.82) is 0 Å². The molecular weight excluding hydrogens is 254 g/mol. The van der Waals surface area contributed by atoms with Gasteiger partial charge in [-0.25, -0.2) is 13.6 Å². The lowest BCUT2D eigenvalue weighted by Gasteiger charge is -2.35. The summed E-state index contributed by atoms with van der Waals surface area (Å²) in [5.74, 6) is -2.36. The zero-order valence-electron chi connectivity index (χ0n) is 11.0. The summed E-state index contributed by atoms with van der Waals surface area (Å²) in [6.07, 6.45) is 4.00. The fraction of sp³-hybridized carbons (Fsp3) is 0.923. The summed E-state index contributed by atoms with van der Waals surface area (Å²) >= 11 is 0. The Labute approximate surface area is 111 Å². The van der Waals surface area contributed by atoms with E-state index in [2.05, 4.69) is 10.6 Å². The third-order valence-electron chi connectivity index (χ3n) is 4.09. The highest BCUT2D eigenvalue weighted by molar-refractivity contribution is 5.74. The van der Waals surface area contributed by atoms with Crippen LogP contribution in [0.1, 0.15) is 44.9 Å². The molecule has 6 heteroatoms. The molecule has 110 valence electrons. The predicted octanol–water partition coefficient (Wildman–Crippen LogP) is 2.02. The molecule has 0 saturated heterocycles. The van der Waals surface area contributed by atoms with Crippen LogP contribution in [0.15, 0.2) is 0 Å². The number of rotatable bonds is 4. The van der Waals surface area contributed by atoms with Crippen molar-refractivity contribution in [2.24, 2.45) is 5.92 Å². The molecular formula is C13H22F2N2O2. The van der Waals surface area contributed by atoms with Gasteiger partial charge in [-0.15, -0.1) is 0 Å². The van der Waals surface area contributed by atoms with E-state index in [4.69, 9.17) is 0 Å². The molecule has 0 heterocycles. The summed E-state index contributed by atoms with van der Waals surface area (Å²) in [5.41, 5.74) is 0. The van der Waals surface area contributed by atoms with Gasteiger partial charge in [0.15, 0.2) is 0 Å². The van der Waals surface area contributed by atoms with Crippen molar-refractivity contribution in [3.05, 3.63) is 0 Å². The maximum atomic E-state index is 12.6. The zero-order valence-corrected chi connectivity index (χ0v) is 11.0. The van der Waals surface area contributed by atoms with Gasteiger partial charge in [-0.2, -0.15) is 0 Å². The van der Waals surface area contributed by atoms with Gasteiger partial charge in [0.05, 0.1) is 6.10 Å². The largest absolute Gasteiger partial charge is 0.393 e. The highest BCUT2D eigenvalue weighted by atomic mass is 19.3. The lowest BCUT2D eigenvalue weighted by Crippen LogP contribution is -2.53. The monoisotopic (exact) mass is 276 g/mol. The summed E-state index contributed by atoms with van der Waals surface area (Å²) in [7, 11) is 0. The second-order valence-corrected chi connectivity index (χ2v) is 5.76. The Morgan fingerprint density at radius 1 is 1.26 bits per heavy atom.